The summed E-state index contributed by atoms with van der Waals surface area (Å²) in [4.78, 5) is 12.6. The second-order valence-electron chi connectivity index (χ2n) is 5.88. The normalized spacial score (nSPS) is 10.6. The molecule has 0 bridgehead atoms. The van der Waals surface area contributed by atoms with Crippen LogP contribution in [-0.4, -0.2) is 31.4 Å². The van der Waals surface area contributed by atoms with E-state index in [-0.39, 0.29) is 5.69 Å². The van der Waals surface area contributed by atoms with Gasteiger partial charge in [-0.25, -0.2) is 0 Å². The van der Waals surface area contributed by atoms with Crippen molar-refractivity contribution in [3.05, 3.63) is 64.8 Å². The first-order chi connectivity index (χ1) is 13.1. The van der Waals surface area contributed by atoms with Crippen molar-refractivity contribution in [2.45, 2.75) is 6.92 Å². The summed E-state index contributed by atoms with van der Waals surface area (Å²) in [5, 5.41) is 7.23. The molecule has 7 heteroatoms. The van der Waals surface area contributed by atoms with Crippen molar-refractivity contribution in [1.82, 2.24) is 5.16 Å². The molecule has 0 aliphatic carbocycles. The summed E-state index contributed by atoms with van der Waals surface area (Å²) >= 11 is 5.99. The van der Waals surface area contributed by atoms with E-state index in [9.17, 15) is 4.79 Å². The largest absolute Gasteiger partial charge is 0.489 e. The summed E-state index contributed by atoms with van der Waals surface area (Å²) in [6.45, 7) is 2.78. The maximum atomic E-state index is 12.6. The number of carbonyl (C=O) groups excluding carboxylic acids is 1. The van der Waals surface area contributed by atoms with Gasteiger partial charge in [0.1, 0.15) is 12.4 Å². The van der Waals surface area contributed by atoms with Gasteiger partial charge in [-0.15, -0.1) is 0 Å². The first-order valence-corrected chi connectivity index (χ1v) is 8.71. The third-order valence-corrected chi connectivity index (χ3v) is 4.02. The Balaban J connectivity index is 1.76. The Labute approximate surface area is 162 Å². The average Bonchev–Trinajstić information content (AvgIpc) is 3.14. The van der Waals surface area contributed by atoms with Crippen molar-refractivity contribution in [3.63, 3.8) is 0 Å². The van der Waals surface area contributed by atoms with Gasteiger partial charge < -0.3 is 19.3 Å². The highest BCUT2D eigenvalue weighted by Gasteiger charge is 2.16. The van der Waals surface area contributed by atoms with Gasteiger partial charge in [0.15, 0.2) is 11.5 Å². The molecule has 1 heterocycles. The number of hydrogen-bond donors (Lipinski definition) is 1. The zero-order valence-electron chi connectivity index (χ0n) is 15.0. The van der Waals surface area contributed by atoms with Crippen molar-refractivity contribution in [2.24, 2.45) is 0 Å². The molecule has 0 aliphatic rings. The van der Waals surface area contributed by atoms with Gasteiger partial charge in [0.05, 0.1) is 12.3 Å². The summed E-state index contributed by atoms with van der Waals surface area (Å²) in [5.74, 6) is 0.634. The minimum Gasteiger partial charge on any atom is -0.489 e. The number of methoxy groups -OCH3 is 1. The molecule has 6 nitrogen and oxygen atoms in total. The molecular weight excluding hydrogens is 368 g/mol. The molecule has 1 aromatic heterocycles. The lowest BCUT2D eigenvalue weighted by atomic mass is 10.1. The Bertz CT molecular complexity index is 939. The number of aryl methyl sites for hydroxylation is 1. The summed E-state index contributed by atoms with van der Waals surface area (Å²) in [7, 11) is 1.60. The number of amides is 1. The van der Waals surface area contributed by atoms with Crippen LogP contribution in [0.15, 0.2) is 53.1 Å². The number of hydrogen-bond acceptors (Lipinski definition) is 5. The molecule has 140 valence electrons. The van der Waals surface area contributed by atoms with E-state index in [1.807, 2.05) is 25.1 Å². The number of halogens is 1. The smallest absolute Gasteiger partial charge is 0.277 e. The van der Waals surface area contributed by atoms with Crippen LogP contribution in [0.5, 0.6) is 5.75 Å². The number of nitrogens with one attached hydrogen (secondary N) is 1. The maximum Gasteiger partial charge on any atom is 0.277 e. The molecule has 0 atom stereocenters. The molecule has 0 radical (unpaired) electrons. The number of carbonyl (C=O) groups is 1. The van der Waals surface area contributed by atoms with E-state index in [1.165, 1.54) is 0 Å². The van der Waals surface area contributed by atoms with Gasteiger partial charge in [0.25, 0.3) is 5.91 Å². The fraction of sp³-hybridized carbons (Fsp3) is 0.200. The summed E-state index contributed by atoms with van der Waals surface area (Å²) in [6.07, 6.45) is 0. The van der Waals surface area contributed by atoms with Gasteiger partial charge in [-0.1, -0.05) is 35.0 Å². The Morgan fingerprint density at radius 2 is 2.04 bits per heavy atom. The van der Waals surface area contributed by atoms with Gasteiger partial charge in [-0.2, -0.15) is 0 Å². The fourth-order valence-electron chi connectivity index (χ4n) is 2.43. The first kappa shape index (κ1) is 18.9. The number of nitrogens with zero attached hydrogens (tertiary/aromatic N) is 1. The predicted molar refractivity (Wildman–Crippen MR) is 103 cm³/mol. The van der Waals surface area contributed by atoms with Gasteiger partial charge in [0, 0.05) is 23.8 Å². The van der Waals surface area contributed by atoms with Crippen LogP contribution in [0.1, 0.15) is 16.1 Å². The van der Waals surface area contributed by atoms with E-state index in [0.29, 0.717) is 35.4 Å². The number of benzene rings is 2. The monoisotopic (exact) mass is 386 g/mol. The van der Waals surface area contributed by atoms with Crippen LogP contribution in [0.3, 0.4) is 0 Å². The number of ether oxygens (including phenoxy) is 2. The number of anilines is 1. The summed E-state index contributed by atoms with van der Waals surface area (Å²) in [5.41, 5.74) is 2.47. The van der Waals surface area contributed by atoms with Gasteiger partial charge in [0.2, 0.25) is 0 Å². The molecule has 1 N–H and O–H groups in total. The van der Waals surface area contributed by atoms with Gasteiger partial charge in [-0.05, 0) is 36.8 Å². The van der Waals surface area contributed by atoms with Crippen molar-refractivity contribution in [2.75, 3.05) is 25.6 Å². The number of rotatable bonds is 7. The highest BCUT2D eigenvalue weighted by Crippen LogP contribution is 2.27. The molecule has 0 saturated carbocycles. The number of aromatic nitrogens is 1. The van der Waals surface area contributed by atoms with Crippen molar-refractivity contribution in [1.29, 1.82) is 0 Å². The topological polar surface area (TPSA) is 73.6 Å². The molecule has 2 aromatic carbocycles. The van der Waals surface area contributed by atoms with Crippen LogP contribution >= 0.6 is 11.6 Å². The zero-order valence-corrected chi connectivity index (χ0v) is 15.7. The molecule has 27 heavy (non-hydrogen) atoms. The third kappa shape index (κ3) is 4.87. The van der Waals surface area contributed by atoms with Crippen LogP contribution in [0.25, 0.3) is 11.3 Å². The van der Waals surface area contributed by atoms with Gasteiger partial charge in [-0.3, -0.25) is 4.79 Å². The minimum atomic E-state index is -0.396. The molecule has 3 aromatic rings. The Hall–Kier alpha value is -2.83. The Morgan fingerprint density at radius 3 is 2.81 bits per heavy atom. The summed E-state index contributed by atoms with van der Waals surface area (Å²) in [6, 6.07) is 14.2. The lowest BCUT2D eigenvalue weighted by molar-refractivity contribution is 0.101. The van der Waals surface area contributed by atoms with E-state index in [1.54, 1.807) is 37.4 Å². The van der Waals surface area contributed by atoms with E-state index in [4.69, 9.17) is 25.6 Å². The highest BCUT2D eigenvalue weighted by molar-refractivity contribution is 6.30. The molecular formula is C20H19ClN2O4. The Morgan fingerprint density at radius 1 is 1.19 bits per heavy atom. The average molecular weight is 387 g/mol. The van der Waals surface area contributed by atoms with Crippen LogP contribution < -0.4 is 10.1 Å². The molecule has 0 spiro atoms. The second-order valence-corrected chi connectivity index (χ2v) is 6.32. The van der Waals surface area contributed by atoms with Crippen LogP contribution in [0.4, 0.5) is 5.69 Å². The van der Waals surface area contributed by atoms with Crippen molar-refractivity contribution >= 4 is 23.2 Å². The van der Waals surface area contributed by atoms with Crippen LogP contribution in [0.2, 0.25) is 5.02 Å². The maximum absolute atomic E-state index is 12.6. The molecule has 0 aliphatic heterocycles. The quantitative estimate of drug-likeness (QED) is 0.601. The molecule has 1 amide bonds. The van der Waals surface area contributed by atoms with E-state index < -0.39 is 5.91 Å². The molecule has 0 fully saturated rings. The zero-order chi connectivity index (χ0) is 19.2. The van der Waals surface area contributed by atoms with Crippen LogP contribution in [-0.2, 0) is 4.74 Å². The van der Waals surface area contributed by atoms with Crippen molar-refractivity contribution < 1.29 is 18.8 Å². The van der Waals surface area contributed by atoms with Gasteiger partial charge >= 0.3 is 0 Å². The SMILES string of the molecule is COCCOc1cc(C)ccc1NC(=O)c1cc(-c2cccc(Cl)c2)on1. The van der Waals surface area contributed by atoms with Crippen molar-refractivity contribution in [3.8, 4) is 17.1 Å². The standard InChI is InChI=1S/C20H19ClN2O4/c1-13-6-7-16(19(10-13)26-9-8-25-2)22-20(24)17-12-18(27-23-17)14-4-3-5-15(21)11-14/h3-7,10-12H,8-9H2,1-2H3,(H,22,24). The predicted octanol–water partition coefficient (Wildman–Crippen LogP) is 4.58. The minimum absolute atomic E-state index is 0.161. The first-order valence-electron chi connectivity index (χ1n) is 8.33. The Kier molecular flexibility index (Phi) is 6.11. The third-order valence-electron chi connectivity index (χ3n) is 3.78. The lowest BCUT2D eigenvalue weighted by Crippen LogP contribution is -2.14. The van der Waals surface area contributed by atoms with E-state index in [2.05, 4.69) is 10.5 Å². The molecule has 0 saturated heterocycles. The van der Waals surface area contributed by atoms with Crippen LogP contribution in [0, 0.1) is 6.92 Å². The van der Waals surface area contributed by atoms with E-state index >= 15 is 0 Å². The molecule has 0 unspecified atom stereocenters. The second kappa shape index (κ2) is 8.70. The fourth-order valence-corrected chi connectivity index (χ4v) is 2.62. The molecule has 3 rings (SSSR count). The summed E-state index contributed by atoms with van der Waals surface area (Å²) < 4.78 is 16.0. The lowest BCUT2D eigenvalue weighted by Gasteiger charge is -2.12. The highest BCUT2D eigenvalue weighted by atomic mass is 35.5. The van der Waals surface area contributed by atoms with E-state index in [0.717, 1.165) is 11.1 Å².